The lowest BCUT2D eigenvalue weighted by Gasteiger charge is -2.33. The Labute approximate surface area is 255 Å². The van der Waals surface area contributed by atoms with Crippen molar-refractivity contribution in [3.8, 4) is 5.75 Å². The first-order valence-corrected chi connectivity index (χ1v) is 15.2. The molecule has 2 atom stereocenters. The molecule has 2 unspecified atom stereocenters. The van der Waals surface area contributed by atoms with E-state index in [1.54, 1.807) is 24.3 Å². The molecular weight excluding hydrogens is 575 g/mol. The maximum absolute atomic E-state index is 13.7. The first-order valence-electron chi connectivity index (χ1n) is 14.8. The van der Waals surface area contributed by atoms with Crippen LogP contribution in [0.1, 0.15) is 19.3 Å². The maximum Gasteiger partial charge on any atom is 0.248 e. The lowest BCUT2D eigenvalue weighted by Crippen LogP contribution is -2.45. The summed E-state index contributed by atoms with van der Waals surface area (Å²) in [5, 5.41) is 6.85. The van der Waals surface area contributed by atoms with E-state index in [1.807, 2.05) is 6.08 Å². The average molecular weight is 611 g/mol. The van der Waals surface area contributed by atoms with Crippen molar-refractivity contribution in [2.75, 3.05) is 69.8 Å². The third kappa shape index (κ3) is 7.42. The summed E-state index contributed by atoms with van der Waals surface area (Å²) in [5.74, 6) is 0.251. The Kier molecular flexibility index (Phi) is 9.64. The molecule has 0 spiro atoms. The first-order chi connectivity index (χ1) is 21.0. The second kappa shape index (κ2) is 14.0. The van der Waals surface area contributed by atoms with Crippen LogP contribution in [0.25, 0.3) is 10.9 Å². The summed E-state index contributed by atoms with van der Waals surface area (Å²) >= 11 is 5.99. The number of anilines is 3. The van der Waals surface area contributed by atoms with E-state index in [4.69, 9.17) is 25.8 Å². The number of carbonyl (C=O) groups is 1. The average Bonchev–Trinajstić information content (AvgIpc) is 3.22. The van der Waals surface area contributed by atoms with Crippen LogP contribution in [-0.4, -0.2) is 97.0 Å². The first kappa shape index (κ1) is 29.7. The molecule has 2 N–H and O–H groups in total. The largest absolute Gasteiger partial charge is 0.491 e. The molecule has 1 amide bonds. The van der Waals surface area contributed by atoms with Gasteiger partial charge in [0.15, 0.2) is 0 Å². The number of nitrogens with zero attached hydrogens (tertiary/aromatic N) is 4. The third-order valence-corrected chi connectivity index (χ3v) is 8.42. The van der Waals surface area contributed by atoms with Gasteiger partial charge in [0.1, 0.15) is 23.7 Å². The molecule has 0 radical (unpaired) electrons. The van der Waals surface area contributed by atoms with Crippen LogP contribution in [0.15, 0.2) is 48.8 Å². The number of amides is 1. The minimum atomic E-state index is -0.505. The van der Waals surface area contributed by atoms with Crippen molar-refractivity contribution in [3.63, 3.8) is 0 Å². The fourth-order valence-corrected chi connectivity index (χ4v) is 6.05. The molecule has 0 aliphatic carbocycles. The number of aromatic nitrogens is 2. The molecule has 10 nitrogen and oxygen atoms in total. The Morgan fingerprint density at radius 3 is 2.72 bits per heavy atom. The number of ether oxygens (including phenoxy) is 3. The molecule has 2 aromatic carbocycles. The highest BCUT2D eigenvalue weighted by atomic mass is 35.5. The van der Waals surface area contributed by atoms with Gasteiger partial charge in [-0.1, -0.05) is 17.7 Å². The maximum atomic E-state index is 13.7. The summed E-state index contributed by atoms with van der Waals surface area (Å²) in [7, 11) is 0. The topological polar surface area (TPSA) is 101 Å². The Morgan fingerprint density at radius 1 is 1.12 bits per heavy atom. The highest BCUT2D eigenvalue weighted by Crippen LogP contribution is 2.34. The van der Waals surface area contributed by atoms with Gasteiger partial charge >= 0.3 is 0 Å². The Balaban J connectivity index is 1.19. The molecule has 3 saturated heterocycles. The highest BCUT2D eigenvalue weighted by molar-refractivity contribution is 6.31. The lowest BCUT2D eigenvalue weighted by atomic mass is 10.1. The smallest absolute Gasteiger partial charge is 0.248 e. The van der Waals surface area contributed by atoms with E-state index in [0.717, 1.165) is 65.3 Å². The number of halogens is 2. The summed E-state index contributed by atoms with van der Waals surface area (Å²) < 4.78 is 31.0. The Morgan fingerprint density at radius 2 is 1.93 bits per heavy atom. The summed E-state index contributed by atoms with van der Waals surface area (Å²) in [4.78, 5) is 26.7. The van der Waals surface area contributed by atoms with E-state index in [2.05, 4.69) is 30.4 Å². The number of morpholine rings is 2. The van der Waals surface area contributed by atoms with Crippen LogP contribution < -0.4 is 15.4 Å². The van der Waals surface area contributed by atoms with Crippen LogP contribution in [0.3, 0.4) is 0 Å². The fourth-order valence-electron chi connectivity index (χ4n) is 5.87. The zero-order valence-electron chi connectivity index (χ0n) is 23.9. The van der Waals surface area contributed by atoms with E-state index in [-0.39, 0.29) is 10.9 Å². The monoisotopic (exact) mass is 610 g/mol. The molecule has 1 aromatic heterocycles. The molecule has 12 heteroatoms. The van der Waals surface area contributed by atoms with Gasteiger partial charge in [0.05, 0.1) is 49.3 Å². The number of benzene rings is 2. The van der Waals surface area contributed by atoms with E-state index in [9.17, 15) is 9.18 Å². The molecule has 0 saturated carbocycles. The fraction of sp³-hybridized carbons (Fsp3) is 0.452. The lowest BCUT2D eigenvalue weighted by molar-refractivity contribution is -0.112. The second-order valence-corrected chi connectivity index (χ2v) is 11.4. The van der Waals surface area contributed by atoms with Crippen LogP contribution in [0.4, 0.5) is 21.6 Å². The van der Waals surface area contributed by atoms with E-state index < -0.39 is 5.82 Å². The van der Waals surface area contributed by atoms with Crippen molar-refractivity contribution in [3.05, 3.63) is 59.7 Å². The van der Waals surface area contributed by atoms with E-state index >= 15 is 0 Å². The van der Waals surface area contributed by atoms with Gasteiger partial charge in [0, 0.05) is 61.5 Å². The van der Waals surface area contributed by atoms with Gasteiger partial charge in [0.2, 0.25) is 5.91 Å². The van der Waals surface area contributed by atoms with Crippen LogP contribution >= 0.6 is 11.6 Å². The van der Waals surface area contributed by atoms with Gasteiger partial charge in [-0.2, -0.15) is 0 Å². The summed E-state index contributed by atoms with van der Waals surface area (Å²) in [5.41, 5.74) is 1.71. The summed E-state index contributed by atoms with van der Waals surface area (Å²) in [6.07, 6.45) is 8.02. The van der Waals surface area contributed by atoms with Crippen LogP contribution in [-0.2, 0) is 14.3 Å². The van der Waals surface area contributed by atoms with E-state index in [1.165, 1.54) is 18.5 Å². The van der Waals surface area contributed by atoms with Gasteiger partial charge in [-0.15, -0.1) is 0 Å². The molecular formula is C31H36ClFN6O4. The molecule has 6 rings (SSSR count). The second-order valence-electron chi connectivity index (χ2n) is 11.0. The Hall–Kier alpha value is -3.35. The standard InChI is InChI=1S/C31H36ClFN6O4/c32-25-15-21(4-7-26(25)33)36-31-24-16-28(37-30(40)3-1-9-39-22-5-6-23(39)19-42-18-22)29(17-27(24)34-20-35-31)43-12-2-8-38-10-13-41-14-11-38/h1,3-4,7,15-17,20,22-23H,2,5-6,8-14,18-19H2,(H,37,40)(H,34,35,36)/b3-1+. The number of rotatable bonds is 11. The molecule has 3 fully saturated rings. The number of nitrogens with one attached hydrogen (secondary N) is 2. The van der Waals surface area contributed by atoms with Crippen molar-refractivity contribution in [1.29, 1.82) is 0 Å². The van der Waals surface area contributed by atoms with Crippen LogP contribution in [0, 0.1) is 5.82 Å². The van der Waals surface area contributed by atoms with Gasteiger partial charge in [-0.05, 0) is 43.5 Å². The quantitative estimate of drug-likeness (QED) is 0.238. The normalized spacial score (nSPS) is 21.0. The predicted octanol–water partition coefficient (Wildman–Crippen LogP) is 4.62. The molecule has 2 bridgehead atoms. The molecule has 3 aliphatic rings. The van der Waals surface area contributed by atoms with Crippen molar-refractivity contribution in [2.24, 2.45) is 0 Å². The minimum absolute atomic E-state index is 0.000882. The van der Waals surface area contributed by atoms with Crippen molar-refractivity contribution in [2.45, 2.75) is 31.3 Å². The number of carbonyl (C=O) groups excluding carboxylic acids is 1. The molecule has 43 heavy (non-hydrogen) atoms. The van der Waals surface area contributed by atoms with Gasteiger partial charge in [0.25, 0.3) is 0 Å². The zero-order valence-corrected chi connectivity index (χ0v) is 24.7. The SMILES string of the molecule is O=C(/C=C/CN1C2CCC1COC2)Nc1cc2c(Nc3ccc(F)c(Cl)c3)ncnc2cc1OCCCN1CCOCC1. The Bertz CT molecular complexity index is 1450. The molecule has 228 valence electrons. The van der Waals surface area contributed by atoms with Crippen molar-refractivity contribution >= 4 is 45.6 Å². The number of fused-ring (bicyclic) bond motifs is 3. The van der Waals surface area contributed by atoms with E-state index in [0.29, 0.717) is 59.1 Å². The van der Waals surface area contributed by atoms with Crippen LogP contribution in [0.2, 0.25) is 5.02 Å². The van der Waals surface area contributed by atoms with Crippen LogP contribution in [0.5, 0.6) is 5.75 Å². The minimum Gasteiger partial charge on any atom is -0.491 e. The van der Waals surface area contributed by atoms with Crippen molar-refractivity contribution < 1.29 is 23.4 Å². The third-order valence-electron chi connectivity index (χ3n) is 8.13. The number of hydrogen-bond acceptors (Lipinski definition) is 9. The number of hydrogen-bond donors (Lipinski definition) is 2. The van der Waals surface area contributed by atoms with Gasteiger partial charge < -0.3 is 24.8 Å². The summed E-state index contributed by atoms with van der Waals surface area (Å²) in [6, 6.07) is 8.81. The zero-order chi connectivity index (χ0) is 29.6. The molecule has 3 aliphatic heterocycles. The van der Waals surface area contributed by atoms with Crippen molar-refractivity contribution in [1.82, 2.24) is 19.8 Å². The molecule has 3 aromatic rings. The summed E-state index contributed by atoms with van der Waals surface area (Å²) in [6.45, 7) is 6.93. The highest BCUT2D eigenvalue weighted by Gasteiger charge is 2.36. The molecule has 4 heterocycles. The van der Waals surface area contributed by atoms with Gasteiger partial charge in [-0.25, -0.2) is 14.4 Å². The predicted molar refractivity (Wildman–Crippen MR) is 164 cm³/mol. The van der Waals surface area contributed by atoms with Gasteiger partial charge in [-0.3, -0.25) is 14.6 Å².